The smallest absolute Gasteiger partial charge is 0.272 e. The zero-order valence-electron chi connectivity index (χ0n) is 12.4. The van der Waals surface area contributed by atoms with Crippen LogP contribution in [0.4, 0.5) is 5.69 Å². The normalized spacial score (nSPS) is 13.8. The summed E-state index contributed by atoms with van der Waals surface area (Å²) in [5.41, 5.74) is 0.914. The number of carbonyl (C=O) groups is 2. The molecule has 3 rings (SSSR count). The molecule has 24 heavy (non-hydrogen) atoms. The van der Waals surface area contributed by atoms with Crippen LogP contribution in [0.5, 0.6) is 5.75 Å². The maximum atomic E-state index is 12.6. The number of nitro groups is 1. The lowest BCUT2D eigenvalue weighted by Gasteiger charge is -2.18. The van der Waals surface area contributed by atoms with Crippen LogP contribution in [0.15, 0.2) is 52.7 Å². The number of Topliss-reactive ketones (excluding diaryl/α,β-unsaturated/α-hetero) is 2. The monoisotopic (exact) mass is 387 g/mol. The third kappa shape index (κ3) is 2.63. The summed E-state index contributed by atoms with van der Waals surface area (Å²) < 4.78 is 5.59. The number of nitrogens with zero attached hydrogens (tertiary/aromatic N) is 1. The highest BCUT2D eigenvalue weighted by Gasteiger charge is 2.32. The van der Waals surface area contributed by atoms with E-state index in [1.165, 1.54) is 18.2 Å². The van der Waals surface area contributed by atoms with Gasteiger partial charge in [0.2, 0.25) is 11.6 Å². The maximum Gasteiger partial charge on any atom is 0.272 e. The number of aryl methyl sites for hydroxylation is 1. The van der Waals surface area contributed by atoms with Crippen LogP contribution in [0, 0.1) is 17.0 Å². The molecule has 0 radical (unpaired) electrons. The van der Waals surface area contributed by atoms with E-state index in [1.54, 1.807) is 31.2 Å². The van der Waals surface area contributed by atoms with Crippen molar-refractivity contribution in [2.45, 2.75) is 6.92 Å². The van der Waals surface area contributed by atoms with Gasteiger partial charge in [-0.15, -0.1) is 0 Å². The predicted molar refractivity (Wildman–Crippen MR) is 89.5 cm³/mol. The Morgan fingerprint density at radius 2 is 1.67 bits per heavy atom. The molecule has 120 valence electrons. The van der Waals surface area contributed by atoms with Gasteiger partial charge in [0.1, 0.15) is 10.2 Å². The number of fused-ring (bicyclic) bond motifs is 1. The molecular weight excluding hydrogens is 378 g/mol. The maximum absolute atomic E-state index is 12.6. The van der Waals surface area contributed by atoms with Crippen molar-refractivity contribution in [2.24, 2.45) is 0 Å². The molecule has 0 N–H and O–H groups in total. The number of allylic oxidation sites excluding steroid dienone is 2. The van der Waals surface area contributed by atoms with Crippen molar-refractivity contribution < 1.29 is 19.2 Å². The van der Waals surface area contributed by atoms with E-state index in [4.69, 9.17) is 4.74 Å². The minimum atomic E-state index is -0.500. The number of ether oxygens (including phenoxy) is 1. The first-order valence-electron chi connectivity index (χ1n) is 6.91. The predicted octanol–water partition coefficient (Wildman–Crippen LogP) is 3.97. The first-order chi connectivity index (χ1) is 11.4. The molecule has 0 bridgehead atoms. The highest BCUT2D eigenvalue weighted by atomic mass is 79.9. The SMILES string of the molecule is Cc1cc(OC2=C(Br)C(=O)c3ccccc3C2=O)ccc1[N+](=O)[O-]. The van der Waals surface area contributed by atoms with Crippen LogP contribution in [0.1, 0.15) is 26.3 Å². The third-order valence-electron chi connectivity index (χ3n) is 3.61. The zero-order valence-corrected chi connectivity index (χ0v) is 14.0. The van der Waals surface area contributed by atoms with Crippen molar-refractivity contribution in [3.05, 3.63) is 79.5 Å². The fraction of sp³-hybridized carbons (Fsp3) is 0.0588. The molecule has 1 aliphatic carbocycles. The number of ketones is 2. The lowest BCUT2D eigenvalue weighted by Crippen LogP contribution is -2.22. The van der Waals surface area contributed by atoms with Crippen LogP contribution in [0.2, 0.25) is 0 Å². The van der Waals surface area contributed by atoms with Gasteiger partial charge in [-0.1, -0.05) is 24.3 Å². The Balaban J connectivity index is 2.00. The van der Waals surface area contributed by atoms with Crippen molar-refractivity contribution in [2.75, 3.05) is 0 Å². The van der Waals surface area contributed by atoms with E-state index >= 15 is 0 Å². The van der Waals surface area contributed by atoms with Gasteiger partial charge >= 0.3 is 0 Å². The molecule has 0 saturated carbocycles. The second-order valence-electron chi connectivity index (χ2n) is 5.15. The molecule has 1 aliphatic rings. The topological polar surface area (TPSA) is 86.5 Å². The van der Waals surface area contributed by atoms with Crippen molar-refractivity contribution in [3.63, 3.8) is 0 Å². The van der Waals surface area contributed by atoms with Gasteiger partial charge in [0.25, 0.3) is 5.69 Å². The van der Waals surface area contributed by atoms with Gasteiger partial charge in [0, 0.05) is 22.8 Å². The van der Waals surface area contributed by atoms with Crippen LogP contribution in [-0.4, -0.2) is 16.5 Å². The fourth-order valence-corrected chi connectivity index (χ4v) is 2.90. The van der Waals surface area contributed by atoms with E-state index in [1.807, 2.05) is 0 Å². The molecule has 0 saturated heterocycles. The number of benzene rings is 2. The van der Waals surface area contributed by atoms with Gasteiger partial charge in [-0.2, -0.15) is 0 Å². The summed E-state index contributed by atoms with van der Waals surface area (Å²) in [7, 11) is 0. The van der Waals surface area contributed by atoms with Gasteiger partial charge in [0.15, 0.2) is 5.76 Å². The molecule has 6 nitrogen and oxygen atoms in total. The summed E-state index contributed by atoms with van der Waals surface area (Å²) in [6.07, 6.45) is 0. The molecule has 0 heterocycles. The van der Waals surface area contributed by atoms with Crippen LogP contribution < -0.4 is 4.74 Å². The van der Waals surface area contributed by atoms with Crippen LogP contribution in [-0.2, 0) is 0 Å². The Bertz CT molecular complexity index is 932. The van der Waals surface area contributed by atoms with Crippen LogP contribution in [0.25, 0.3) is 0 Å². The zero-order chi connectivity index (χ0) is 17.4. The molecule has 2 aromatic rings. The minimum Gasteiger partial charge on any atom is -0.452 e. The van der Waals surface area contributed by atoms with Gasteiger partial charge in [-0.25, -0.2) is 0 Å². The van der Waals surface area contributed by atoms with E-state index in [0.29, 0.717) is 11.1 Å². The van der Waals surface area contributed by atoms with Crippen LogP contribution >= 0.6 is 15.9 Å². The van der Waals surface area contributed by atoms with E-state index in [-0.39, 0.29) is 33.0 Å². The van der Waals surface area contributed by atoms with Crippen molar-refractivity contribution >= 4 is 33.2 Å². The molecule has 0 fully saturated rings. The molecule has 0 atom stereocenters. The summed E-state index contributed by atoms with van der Waals surface area (Å²) in [5, 5.41) is 10.9. The number of carbonyl (C=O) groups excluding carboxylic acids is 2. The summed E-state index contributed by atoms with van der Waals surface area (Å²) >= 11 is 3.12. The number of hydrogen-bond acceptors (Lipinski definition) is 5. The number of hydrogen-bond donors (Lipinski definition) is 0. The standard InChI is InChI=1S/C17H10BrNO5/c1-9-8-10(6-7-13(9)19(22)23)24-17-14(18)15(20)11-4-2-3-5-12(11)16(17)21/h2-8H,1H3. The summed E-state index contributed by atoms with van der Waals surface area (Å²) in [6, 6.07) is 10.6. The first-order valence-corrected chi connectivity index (χ1v) is 7.70. The molecule has 7 heteroatoms. The molecule has 0 aliphatic heterocycles. The Morgan fingerprint density at radius 1 is 1.04 bits per heavy atom. The van der Waals surface area contributed by atoms with Gasteiger partial charge in [-0.3, -0.25) is 19.7 Å². The molecule has 0 unspecified atom stereocenters. The summed E-state index contributed by atoms with van der Waals surface area (Å²) in [6.45, 7) is 1.57. The molecular formula is C17H10BrNO5. The second-order valence-corrected chi connectivity index (χ2v) is 5.95. The number of nitro benzene ring substituents is 1. The average Bonchev–Trinajstić information content (AvgIpc) is 2.56. The third-order valence-corrected chi connectivity index (χ3v) is 4.33. The van der Waals surface area contributed by atoms with Crippen molar-refractivity contribution in [3.8, 4) is 5.75 Å². The van der Waals surface area contributed by atoms with Gasteiger partial charge in [-0.05, 0) is 35.0 Å². The molecule has 0 amide bonds. The van der Waals surface area contributed by atoms with Crippen molar-refractivity contribution in [1.82, 2.24) is 0 Å². The highest BCUT2D eigenvalue weighted by Crippen LogP contribution is 2.32. The number of halogens is 1. The molecule has 2 aromatic carbocycles. The average molecular weight is 388 g/mol. The Kier molecular flexibility index (Phi) is 4.02. The summed E-state index contributed by atoms with van der Waals surface area (Å²) in [5.74, 6) is -0.663. The van der Waals surface area contributed by atoms with E-state index in [0.717, 1.165) is 0 Å². The van der Waals surface area contributed by atoms with Crippen LogP contribution in [0.3, 0.4) is 0 Å². The highest BCUT2D eigenvalue weighted by molar-refractivity contribution is 9.12. The Hall–Kier alpha value is -2.80. The van der Waals surface area contributed by atoms with E-state index in [9.17, 15) is 19.7 Å². The Labute approximate surface area is 145 Å². The fourth-order valence-electron chi connectivity index (χ4n) is 2.43. The van der Waals surface area contributed by atoms with E-state index < -0.39 is 10.7 Å². The largest absolute Gasteiger partial charge is 0.452 e. The number of rotatable bonds is 3. The lowest BCUT2D eigenvalue weighted by atomic mass is 9.93. The van der Waals surface area contributed by atoms with Gasteiger partial charge in [0.05, 0.1) is 4.92 Å². The quantitative estimate of drug-likeness (QED) is 0.587. The van der Waals surface area contributed by atoms with Crippen molar-refractivity contribution in [1.29, 1.82) is 0 Å². The molecule has 0 aromatic heterocycles. The second kappa shape index (κ2) is 6.01. The van der Waals surface area contributed by atoms with E-state index in [2.05, 4.69) is 15.9 Å². The first kappa shape index (κ1) is 16.1. The minimum absolute atomic E-state index is 0.0298. The Morgan fingerprint density at radius 3 is 2.25 bits per heavy atom. The van der Waals surface area contributed by atoms with Gasteiger partial charge < -0.3 is 4.74 Å². The lowest BCUT2D eigenvalue weighted by molar-refractivity contribution is -0.385. The molecule has 0 spiro atoms. The summed E-state index contributed by atoms with van der Waals surface area (Å²) in [4.78, 5) is 35.3.